The summed E-state index contributed by atoms with van der Waals surface area (Å²) < 4.78 is 5.78. The van der Waals surface area contributed by atoms with Gasteiger partial charge < -0.3 is 15.4 Å². The molecule has 0 aromatic heterocycles. The average Bonchev–Trinajstić information content (AvgIpc) is 2.56. The van der Waals surface area contributed by atoms with Gasteiger partial charge in [-0.15, -0.1) is 0 Å². The SMILES string of the molecule is CC(C)CC[C@H](C)NC(=S)Nc1ccc(Oc2ccccc2)cc1. The predicted molar refractivity (Wildman–Crippen MR) is 106 cm³/mol. The summed E-state index contributed by atoms with van der Waals surface area (Å²) in [7, 11) is 0. The van der Waals surface area contributed by atoms with Crippen molar-refractivity contribution in [1.82, 2.24) is 5.32 Å². The third-order valence-electron chi connectivity index (χ3n) is 3.65. The molecule has 2 rings (SSSR count). The van der Waals surface area contributed by atoms with Gasteiger partial charge in [0, 0.05) is 11.7 Å². The molecule has 0 spiro atoms. The number of para-hydroxylation sites is 1. The summed E-state index contributed by atoms with van der Waals surface area (Å²) in [4.78, 5) is 0. The van der Waals surface area contributed by atoms with Crippen molar-refractivity contribution in [2.45, 2.75) is 39.7 Å². The van der Waals surface area contributed by atoms with E-state index in [2.05, 4.69) is 31.4 Å². The predicted octanol–water partition coefficient (Wildman–Crippen LogP) is 5.59. The Bertz CT molecular complexity index is 626. The fourth-order valence-electron chi connectivity index (χ4n) is 2.28. The first-order valence-corrected chi connectivity index (χ1v) is 8.84. The van der Waals surface area contributed by atoms with Crippen LogP contribution in [-0.2, 0) is 0 Å². The van der Waals surface area contributed by atoms with E-state index in [9.17, 15) is 0 Å². The van der Waals surface area contributed by atoms with Crippen LogP contribution in [0, 0.1) is 5.92 Å². The van der Waals surface area contributed by atoms with E-state index >= 15 is 0 Å². The van der Waals surface area contributed by atoms with Crippen molar-refractivity contribution in [3.8, 4) is 11.5 Å². The number of ether oxygens (including phenoxy) is 1. The highest BCUT2D eigenvalue weighted by Crippen LogP contribution is 2.22. The number of anilines is 1. The molecule has 0 bridgehead atoms. The first-order chi connectivity index (χ1) is 11.5. The second-order valence-electron chi connectivity index (χ2n) is 6.41. The summed E-state index contributed by atoms with van der Waals surface area (Å²) >= 11 is 5.38. The smallest absolute Gasteiger partial charge is 0.170 e. The van der Waals surface area contributed by atoms with Gasteiger partial charge >= 0.3 is 0 Å². The van der Waals surface area contributed by atoms with Gasteiger partial charge in [-0.05, 0) is 74.3 Å². The maximum atomic E-state index is 5.78. The van der Waals surface area contributed by atoms with E-state index in [0.29, 0.717) is 17.1 Å². The first-order valence-electron chi connectivity index (χ1n) is 8.43. The van der Waals surface area contributed by atoms with Crippen LogP contribution in [0.25, 0.3) is 0 Å². The van der Waals surface area contributed by atoms with E-state index in [4.69, 9.17) is 17.0 Å². The number of hydrogen-bond acceptors (Lipinski definition) is 2. The minimum atomic E-state index is 0.369. The molecule has 0 aliphatic carbocycles. The molecule has 0 fully saturated rings. The molecule has 1 atom stereocenters. The number of hydrogen-bond donors (Lipinski definition) is 2. The van der Waals surface area contributed by atoms with Crippen molar-refractivity contribution < 1.29 is 4.74 Å². The van der Waals surface area contributed by atoms with Crippen LogP contribution >= 0.6 is 12.2 Å². The summed E-state index contributed by atoms with van der Waals surface area (Å²) in [6.45, 7) is 6.64. The largest absolute Gasteiger partial charge is 0.457 e. The minimum Gasteiger partial charge on any atom is -0.457 e. The Balaban J connectivity index is 1.81. The number of rotatable bonds is 7. The summed E-state index contributed by atoms with van der Waals surface area (Å²) in [6, 6.07) is 17.9. The van der Waals surface area contributed by atoms with Crippen LogP contribution in [0.1, 0.15) is 33.6 Å². The summed E-state index contributed by atoms with van der Waals surface area (Å²) in [5.74, 6) is 2.35. The van der Waals surface area contributed by atoms with Crippen molar-refractivity contribution in [3.63, 3.8) is 0 Å². The normalized spacial score (nSPS) is 11.8. The van der Waals surface area contributed by atoms with Crippen LogP contribution in [0.2, 0.25) is 0 Å². The zero-order valence-corrected chi connectivity index (χ0v) is 15.4. The lowest BCUT2D eigenvalue weighted by molar-refractivity contribution is 0.483. The monoisotopic (exact) mass is 342 g/mol. The van der Waals surface area contributed by atoms with Gasteiger partial charge in [0.1, 0.15) is 11.5 Å². The van der Waals surface area contributed by atoms with E-state index in [-0.39, 0.29) is 0 Å². The van der Waals surface area contributed by atoms with Crippen LogP contribution in [-0.4, -0.2) is 11.2 Å². The Morgan fingerprint density at radius 1 is 0.917 bits per heavy atom. The van der Waals surface area contributed by atoms with Gasteiger partial charge in [-0.3, -0.25) is 0 Å². The van der Waals surface area contributed by atoms with Gasteiger partial charge in [-0.1, -0.05) is 32.0 Å². The van der Waals surface area contributed by atoms with E-state index < -0.39 is 0 Å². The maximum absolute atomic E-state index is 5.78. The van der Waals surface area contributed by atoms with Crippen LogP contribution < -0.4 is 15.4 Å². The topological polar surface area (TPSA) is 33.3 Å². The van der Waals surface area contributed by atoms with Crippen LogP contribution in [0.4, 0.5) is 5.69 Å². The number of nitrogens with one attached hydrogen (secondary N) is 2. The quantitative estimate of drug-likeness (QED) is 0.643. The fraction of sp³-hybridized carbons (Fsp3) is 0.350. The highest BCUT2D eigenvalue weighted by molar-refractivity contribution is 7.80. The lowest BCUT2D eigenvalue weighted by Gasteiger charge is -2.18. The zero-order chi connectivity index (χ0) is 17.4. The molecule has 4 heteroatoms. The molecule has 0 aliphatic rings. The van der Waals surface area contributed by atoms with E-state index in [0.717, 1.165) is 23.6 Å². The summed E-state index contributed by atoms with van der Waals surface area (Å²) in [6.07, 6.45) is 2.31. The molecule has 24 heavy (non-hydrogen) atoms. The average molecular weight is 343 g/mol. The molecular weight excluding hydrogens is 316 g/mol. The first kappa shape index (κ1) is 18.3. The molecule has 2 aromatic carbocycles. The molecule has 2 N–H and O–H groups in total. The van der Waals surface area contributed by atoms with Gasteiger partial charge in [0.05, 0.1) is 0 Å². The second kappa shape index (κ2) is 9.28. The van der Waals surface area contributed by atoms with Crippen LogP contribution in [0.3, 0.4) is 0 Å². The molecule has 0 unspecified atom stereocenters. The van der Waals surface area contributed by atoms with Crippen molar-refractivity contribution in [2.24, 2.45) is 5.92 Å². The van der Waals surface area contributed by atoms with Crippen LogP contribution in [0.5, 0.6) is 11.5 Å². The number of thiocarbonyl (C=S) groups is 1. The molecule has 0 saturated carbocycles. The number of benzene rings is 2. The highest BCUT2D eigenvalue weighted by atomic mass is 32.1. The van der Waals surface area contributed by atoms with Gasteiger partial charge in [0.2, 0.25) is 0 Å². The van der Waals surface area contributed by atoms with Crippen molar-refractivity contribution in [2.75, 3.05) is 5.32 Å². The van der Waals surface area contributed by atoms with Crippen molar-refractivity contribution in [3.05, 3.63) is 54.6 Å². The Morgan fingerprint density at radius 2 is 1.54 bits per heavy atom. The third-order valence-corrected chi connectivity index (χ3v) is 3.87. The van der Waals surface area contributed by atoms with E-state index in [1.165, 1.54) is 6.42 Å². The lowest BCUT2D eigenvalue weighted by Crippen LogP contribution is -2.36. The second-order valence-corrected chi connectivity index (χ2v) is 6.82. The van der Waals surface area contributed by atoms with Crippen molar-refractivity contribution in [1.29, 1.82) is 0 Å². The summed E-state index contributed by atoms with van der Waals surface area (Å²) in [5.41, 5.74) is 0.948. The molecule has 128 valence electrons. The van der Waals surface area contributed by atoms with Gasteiger partial charge in [-0.2, -0.15) is 0 Å². The molecule has 0 saturated heterocycles. The van der Waals surface area contributed by atoms with Gasteiger partial charge in [0.15, 0.2) is 5.11 Å². The van der Waals surface area contributed by atoms with Gasteiger partial charge in [-0.25, -0.2) is 0 Å². The molecule has 2 aromatic rings. The molecule has 0 amide bonds. The minimum absolute atomic E-state index is 0.369. The fourth-order valence-corrected chi connectivity index (χ4v) is 2.60. The molecule has 3 nitrogen and oxygen atoms in total. The maximum Gasteiger partial charge on any atom is 0.170 e. The highest BCUT2D eigenvalue weighted by Gasteiger charge is 2.06. The lowest BCUT2D eigenvalue weighted by atomic mass is 10.0. The molecular formula is C20H26N2OS. The standard InChI is InChI=1S/C20H26N2OS/c1-15(2)9-10-16(3)21-20(24)22-17-11-13-19(14-12-17)23-18-7-5-4-6-8-18/h4-8,11-16H,9-10H2,1-3H3,(H2,21,22,24)/t16-/m0/s1. The van der Waals surface area contributed by atoms with E-state index in [1.807, 2.05) is 54.6 Å². The summed E-state index contributed by atoms with van der Waals surface area (Å²) in [5, 5.41) is 7.20. The Labute approximate surface area is 150 Å². The molecule has 0 aliphatic heterocycles. The Kier molecular flexibility index (Phi) is 7.07. The Morgan fingerprint density at radius 3 is 2.17 bits per heavy atom. The van der Waals surface area contributed by atoms with Gasteiger partial charge in [0.25, 0.3) is 0 Å². The Hall–Kier alpha value is -2.07. The molecule has 0 heterocycles. The molecule has 0 radical (unpaired) electrons. The zero-order valence-electron chi connectivity index (χ0n) is 14.6. The van der Waals surface area contributed by atoms with Crippen LogP contribution in [0.15, 0.2) is 54.6 Å². The van der Waals surface area contributed by atoms with Crippen molar-refractivity contribution >= 4 is 23.0 Å². The van der Waals surface area contributed by atoms with E-state index in [1.54, 1.807) is 0 Å². The third kappa shape index (κ3) is 6.59.